The summed E-state index contributed by atoms with van der Waals surface area (Å²) in [5.41, 5.74) is 1.25. The molecule has 0 aliphatic heterocycles. The predicted molar refractivity (Wildman–Crippen MR) is 116 cm³/mol. The Labute approximate surface area is 169 Å². The molecule has 4 rings (SSSR count). The van der Waals surface area contributed by atoms with Gasteiger partial charge in [0, 0.05) is 12.7 Å². The number of anilines is 1. The fourth-order valence-corrected chi connectivity index (χ4v) is 5.01. The summed E-state index contributed by atoms with van der Waals surface area (Å²) in [6.45, 7) is 0.784. The van der Waals surface area contributed by atoms with Crippen LogP contribution in [0.5, 0.6) is 5.75 Å². The second-order valence-electron chi connectivity index (χ2n) is 8.59. The Morgan fingerprint density at radius 3 is 2.04 bits per heavy atom. The van der Waals surface area contributed by atoms with Crippen molar-refractivity contribution in [2.24, 2.45) is 11.8 Å². The van der Waals surface area contributed by atoms with Gasteiger partial charge in [-0.05, 0) is 67.3 Å². The second kappa shape index (κ2) is 9.95. The zero-order valence-electron chi connectivity index (χ0n) is 17.0. The normalized spacial score (nSPS) is 18.9. The minimum absolute atomic E-state index is 0.415. The van der Waals surface area contributed by atoms with Crippen molar-refractivity contribution in [2.75, 3.05) is 5.32 Å². The SMILES string of the molecule is c1ccc(NCc2ccc(OC(C3CCCCC3)C3CCCCC3)cc2)nc1. The number of pyridine rings is 1. The van der Waals surface area contributed by atoms with Gasteiger partial charge < -0.3 is 10.1 Å². The monoisotopic (exact) mass is 378 g/mol. The maximum atomic E-state index is 6.68. The summed E-state index contributed by atoms with van der Waals surface area (Å²) in [7, 11) is 0. The summed E-state index contributed by atoms with van der Waals surface area (Å²) in [6, 6.07) is 14.6. The van der Waals surface area contributed by atoms with E-state index in [-0.39, 0.29) is 0 Å². The van der Waals surface area contributed by atoms with Crippen molar-refractivity contribution < 1.29 is 4.74 Å². The lowest BCUT2D eigenvalue weighted by Gasteiger charge is -2.37. The predicted octanol–water partition coefficient (Wildman–Crippen LogP) is 6.60. The fraction of sp³-hybridized carbons (Fsp3) is 0.560. The molecule has 0 spiro atoms. The van der Waals surface area contributed by atoms with Crippen molar-refractivity contribution in [1.82, 2.24) is 4.98 Å². The van der Waals surface area contributed by atoms with Crippen molar-refractivity contribution in [3.05, 3.63) is 54.2 Å². The Morgan fingerprint density at radius 1 is 0.821 bits per heavy atom. The summed E-state index contributed by atoms with van der Waals surface area (Å²) < 4.78 is 6.68. The molecule has 0 radical (unpaired) electrons. The lowest BCUT2D eigenvalue weighted by atomic mass is 9.75. The zero-order chi connectivity index (χ0) is 19.0. The van der Waals surface area contributed by atoms with E-state index in [0.29, 0.717) is 6.10 Å². The summed E-state index contributed by atoms with van der Waals surface area (Å²) in [4.78, 5) is 4.32. The van der Waals surface area contributed by atoms with E-state index in [9.17, 15) is 0 Å². The molecule has 28 heavy (non-hydrogen) atoms. The lowest BCUT2D eigenvalue weighted by Crippen LogP contribution is -2.37. The summed E-state index contributed by atoms with van der Waals surface area (Å²) in [6.07, 6.45) is 16.0. The number of nitrogens with one attached hydrogen (secondary N) is 1. The molecule has 1 N–H and O–H groups in total. The van der Waals surface area contributed by atoms with Gasteiger partial charge >= 0.3 is 0 Å². The number of ether oxygens (including phenoxy) is 1. The standard InChI is InChI=1S/C25H34N2O/c1-3-9-21(10-4-1)25(22-11-5-2-6-12-22)28-23-16-14-20(15-17-23)19-27-24-13-7-8-18-26-24/h7-8,13-18,21-22,25H,1-6,9-12,19H2,(H,26,27). The lowest BCUT2D eigenvalue weighted by molar-refractivity contribution is 0.0390. The van der Waals surface area contributed by atoms with E-state index in [1.54, 1.807) is 0 Å². The van der Waals surface area contributed by atoms with E-state index >= 15 is 0 Å². The van der Waals surface area contributed by atoms with Gasteiger partial charge in [0.25, 0.3) is 0 Å². The Kier molecular flexibility index (Phi) is 6.86. The topological polar surface area (TPSA) is 34.1 Å². The maximum Gasteiger partial charge on any atom is 0.126 e. The molecule has 0 amide bonds. The van der Waals surface area contributed by atoms with Gasteiger partial charge in [0.2, 0.25) is 0 Å². The van der Waals surface area contributed by atoms with Crippen LogP contribution in [-0.4, -0.2) is 11.1 Å². The molecule has 2 fully saturated rings. The fourth-order valence-electron chi connectivity index (χ4n) is 5.01. The molecule has 0 saturated heterocycles. The molecule has 1 heterocycles. The number of rotatable bonds is 7. The molecule has 2 aliphatic rings. The van der Waals surface area contributed by atoms with Crippen LogP contribution in [-0.2, 0) is 6.54 Å². The molecule has 2 aromatic rings. The van der Waals surface area contributed by atoms with Gasteiger partial charge in [0.05, 0.1) is 0 Å². The second-order valence-corrected chi connectivity index (χ2v) is 8.59. The minimum Gasteiger partial charge on any atom is -0.490 e. The van der Waals surface area contributed by atoms with Crippen LogP contribution < -0.4 is 10.1 Å². The molecular weight excluding hydrogens is 344 g/mol. The van der Waals surface area contributed by atoms with Crippen molar-refractivity contribution in [1.29, 1.82) is 0 Å². The van der Waals surface area contributed by atoms with Crippen LogP contribution >= 0.6 is 0 Å². The number of hydrogen-bond acceptors (Lipinski definition) is 3. The van der Waals surface area contributed by atoms with E-state index in [4.69, 9.17) is 4.74 Å². The van der Waals surface area contributed by atoms with Crippen molar-refractivity contribution >= 4 is 5.82 Å². The molecule has 2 saturated carbocycles. The van der Waals surface area contributed by atoms with E-state index < -0.39 is 0 Å². The number of hydrogen-bond donors (Lipinski definition) is 1. The minimum atomic E-state index is 0.415. The third-order valence-corrected chi connectivity index (χ3v) is 6.56. The van der Waals surface area contributed by atoms with Crippen LogP contribution in [0.4, 0.5) is 5.82 Å². The van der Waals surface area contributed by atoms with Crippen LogP contribution in [0.15, 0.2) is 48.7 Å². The molecular formula is C25H34N2O. The molecule has 3 heteroatoms. The van der Waals surface area contributed by atoms with Gasteiger partial charge in [-0.1, -0.05) is 56.7 Å². The third-order valence-electron chi connectivity index (χ3n) is 6.56. The maximum absolute atomic E-state index is 6.68. The van der Waals surface area contributed by atoms with Gasteiger partial charge in [-0.15, -0.1) is 0 Å². The van der Waals surface area contributed by atoms with Gasteiger partial charge in [-0.3, -0.25) is 0 Å². The number of benzene rings is 1. The molecule has 150 valence electrons. The van der Waals surface area contributed by atoms with Crippen molar-refractivity contribution in [3.63, 3.8) is 0 Å². The highest BCUT2D eigenvalue weighted by Crippen LogP contribution is 2.38. The quantitative estimate of drug-likeness (QED) is 0.589. The first-order valence-corrected chi connectivity index (χ1v) is 11.3. The van der Waals surface area contributed by atoms with Crippen LogP contribution in [0.25, 0.3) is 0 Å². The zero-order valence-corrected chi connectivity index (χ0v) is 17.0. The van der Waals surface area contributed by atoms with Gasteiger partial charge in [-0.25, -0.2) is 4.98 Å². The Bertz CT molecular complexity index is 670. The van der Waals surface area contributed by atoms with Crippen molar-refractivity contribution in [3.8, 4) is 5.75 Å². The Balaban J connectivity index is 1.38. The first-order valence-electron chi connectivity index (χ1n) is 11.3. The van der Waals surface area contributed by atoms with Gasteiger partial charge in [0.1, 0.15) is 17.7 Å². The summed E-state index contributed by atoms with van der Waals surface area (Å²) in [5.74, 6) is 3.46. The van der Waals surface area contributed by atoms with E-state index in [2.05, 4.69) is 34.6 Å². The van der Waals surface area contributed by atoms with Crippen LogP contribution in [0, 0.1) is 11.8 Å². The number of nitrogens with zero attached hydrogens (tertiary/aromatic N) is 1. The Morgan fingerprint density at radius 2 is 1.46 bits per heavy atom. The van der Waals surface area contributed by atoms with Crippen LogP contribution in [0.3, 0.4) is 0 Å². The van der Waals surface area contributed by atoms with Crippen molar-refractivity contribution in [2.45, 2.75) is 76.9 Å². The first kappa shape index (κ1) is 19.3. The highest BCUT2D eigenvalue weighted by molar-refractivity contribution is 5.36. The molecule has 1 aromatic heterocycles. The highest BCUT2D eigenvalue weighted by Gasteiger charge is 2.33. The van der Waals surface area contributed by atoms with E-state index in [1.807, 2.05) is 24.4 Å². The van der Waals surface area contributed by atoms with Crippen LogP contribution in [0.1, 0.15) is 69.8 Å². The molecule has 0 atom stereocenters. The molecule has 3 nitrogen and oxygen atoms in total. The van der Waals surface area contributed by atoms with E-state index in [1.165, 1.54) is 69.8 Å². The van der Waals surface area contributed by atoms with E-state index in [0.717, 1.165) is 29.9 Å². The first-order chi connectivity index (χ1) is 13.9. The van der Waals surface area contributed by atoms with Gasteiger partial charge in [-0.2, -0.15) is 0 Å². The average Bonchev–Trinajstić information content (AvgIpc) is 2.79. The summed E-state index contributed by atoms with van der Waals surface area (Å²) in [5, 5.41) is 3.37. The molecule has 2 aliphatic carbocycles. The highest BCUT2D eigenvalue weighted by atomic mass is 16.5. The Hall–Kier alpha value is -2.03. The smallest absolute Gasteiger partial charge is 0.126 e. The third kappa shape index (κ3) is 5.27. The average molecular weight is 379 g/mol. The number of aromatic nitrogens is 1. The van der Waals surface area contributed by atoms with Crippen LogP contribution in [0.2, 0.25) is 0 Å². The molecule has 1 aromatic carbocycles. The molecule has 0 bridgehead atoms. The largest absolute Gasteiger partial charge is 0.490 e. The molecule has 0 unspecified atom stereocenters. The van der Waals surface area contributed by atoms with Gasteiger partial charge in [0.15, 0.2) is 0 Å². The summed E-state index contributed by atoms with van der Waals surface area (Å²) >= 11 is 0.